The number of aromatic nitrogens is 4. The van der Waals surface area contributed by atoms with Gasteiger partial charge < -0.3 is 5.73 Å². The van der Waals surface area contributed by atoms with Gasteiger partial charge in [-0.15, -0.1) is 17.5 Å². The van der Waals surface area contributed by atoms with Crippen LogP contribution in [-0.2, 0) is 6.42 Å². The van der Waals surface area contributed by atoms with E-state index >= 15 is 0 Å². The normalized spacial score (nSPS) is 9.92. The summed E-state index contributed by atoms with van der Waals surface area (Å²) < 4.78 is 1.64. The Bertz CT molecular complexity index is 352. The van der Waals surface area contributed by atoms with Gasteiger partial charge in [-0.05, 0) is 12.6 Å². The standard InChI is InChI=1S/C7H9N5.ClH/c8-3-2-6-10-7-9-4-1-5-12(7)11-6;/h1,4-5H,2-3,8H2;1H. The van der Waals surface area contributed by atoms with E-state index in [9.17, 15) is 0 Å². The number of fused-ring (bicyclic) bond motifs is 1. The van der Waals surface area contributed by atoms with Gasteiger partial charge in [0.1, 0.15) is 0 Å². The van der Waals surface area contributed by atoms with Crippen molar-refractivity contribution in [1.29, 1.82) is 0 Å². The molecular formula is C7H10ClN5. The minimum absolute atomic E-state index is 0. The van der Waals surface area contributed by atoms with Crippen LogP contribution in [0.3, 0.4) is 0 Å². The summed E-state index contributed by atoms with van der Waals surface area (Å²) >= 11 is 0. The molecule has 0 aliphatic carbocycles. The highest BCUT2D eigenvalue weighted by Crippen LogP contribution is 1.96. The zero-order chi connectivity index (χ0) is 8.39. The Hall–Kier alpha value is -1.20. The van der Waals surface area contributed by atoms with E-state index in [1.54, 1.807) is 10.7 Å². The van der Waals surface area contributed by atoms with E-state index in [2.05, 4.69) is 15.1 Å². The van der Waals surface area contributed by atoms with Crippen LogP contribution in [0.1, 0.15) is 5.82 Å². The Morgan fingerprint density at radius 3 is 3.00 bits per heavy atom. The molecule has 2 rings (SSSR count). The molecule has 2 heterocycles. The molecule has 0 radical (unpaired) electrons. The third-order valence-electron chi connectivity index (χ3n) is 1.53. The molecule has 0 spiro atoms. The Morgan fingerprint density at radius 2 is 2.31 bits per heavy atom. The van der Waals surface area contributed by atoms with E-state index in [1.807, 2.05) is 12.3 Å². The highest BCUT2D eigenvalue weighted by Gasteiger charge is 2.00. The molecule has 0 aromatic carbocycles. The van der Waals surface area contributed by atoms with Crippen LogP contribution in [0.5, 0.6) is 0 Å². The number of rotatable bonds is 2. The first-order valence-electron chi connectivity index (χ1n) is 3.76. The third-order valence-corrected chi connectivity index (χ3v) is 1.53. The van der Waals surface area contributed by atoms with E-state index in [0.29, 0.717) is 18.7 Å². The molecule has 0 bridgehead atoms. The van der Waals surface area contributed by atoms with Crippen LogP contribution in [0, 0.1) is 0 Å². The zero-order valence-electron chi connectivity index (χ0n) is 6.92. The number of hydrogen-bond acceptors (Lipinski definition) is 4. The molecule has 2 aromatic heterocycles. The monoisotopic (exact) mass is 199 g/mol. The Morgan fingerprint density at radius 1 is 1.46 bits per heavy atom. The maximum absolute atomic E-state index is 5.37. The van der Waals surface area contributed by atoms with E-state index in [1.165, 1.54) is 0 Å². The average molecular weight is 200 g/mol. The number of halogens is 1. The molecule has 0 amide bonds. The van der Waals surface area contributed by atoms with Gasteiger partial charge in [-0.2, -0.15) is 4.98 Å². The highest BCUT2D eigenvalue weighted by atomic mass is 35.5. The predicted octanol–water partition coefficient (Wildman–Crippen LogP) is 0.0473. The van der Waals surface area contributed by atoms with Crippen molar-refractivity contribution in [3.63, 3.8) is 0 Å². The van der Waals surface area contributed by atoms with Crippen LogP contribution >= 0.6 is 12.4 Å². The Balaban J connectivity index is 0.000000845. The van der Waals surface area contributed by atoms with Crippen molar-refractivity contribution in [2.45, 2.75) is 6.42 Å². The molecule has 0 atom stereocenters. The molecular weight excluding hydrogens is 190 g/mol. The minimum atomic E-state index is 0. The van der Waals surface area contributed by atoms with Crippen LogP contribution in [0.15, 0.2) is 18.5 Å². The van der Waals surface area contributed by atoms with Gasteiger partial charge in [0.25, 0.3) is 5.78 Å². The Labute approximate surface area is 81.4 Å². The maximum atomic E-state index is 5.37. The van der Waals surface area contributed by atoms with Gasteiger partial charge in [-0.3, -0.25) is 0 Å². The van der Waals surface area contributed by atoms with E-state index in [4.69, 9.17) is 5.73 Å². The van der Waals surface area contributed by atoms with Crippen LogP contribution in [0.4, 0.5) is 0 Å². The summed E-state index contributed by atoms with van der Waals surface area (Å²) in [4.78, 5) is 8.20. The van der Waals surface area contributed by atoms with Gasteiger partial charge in [0.05, 0.1) is 0 Å². The van der Waals surface area contributed by atoms with Gasteiger partial charge in [0.15, 0.2) is 5.82 Å². The van der Waals surface area contributed by atoms with E-state index in [-0.39, 0.29) is 12.4 Å². The third kappa shape index (κ3) is 1.93. The van der Waals surface area contributed by atoms with Gasteiger partial charge in [-0.25, -0.2) is 9.50 Å². The van der Waals surface area contributed by atoms with Crippen molar-refractivity contribution >= 4 is 18.2 Å². The summed E-state index contributed by atoms with van der Waals surface area (Å²) in [6.45, 7) is 0.566. The first-order chi connectivity index (χ1) is 5.90. The lowest BCUT2D eigenvalue weighted by Gasteiger charge is -1.85. The van der Waals surface area contributed by atoms with Crippen LogP contribution in [-0.4, -0.2) is 26.1 Å². The lowest BCUT2D eigenvalue weighted by Crippen LogP contribution is -2.04. The van der Waals surface area contributed by atoms with Gasteiger partial charge >= 0.3 is 0 Å². The molecule has 2 N–H and O–H groups in total. The lowest BCUT2D eigenvalue weighted by molar-refractivity contribution is 0.842. The lowest BCUT2D eigenvalue weighted by atomic mass is 10.4. The van der Waals surface area contributed by atoms with Crippen molar-refractivity contribution in [3.8, 4) is 0 Å². The summed E-state index contributed by atoms with van der Waals surface area (Å²) in [7, 11) is 0. The summed E-state index contributed by atoms with van der Waals surface area (Å²) in [5, 5.41) is 4.17. The second-order valence-electron chi connectivity index (χ2n) is 2.43. The Kier molecular flexibility index (Phi) is 3.16. The molecule has 13 heavy (non-hydrogen) atoms. The van der Waals surface area contributed by atoms with Crippen molar-refractivity contribution in [2.24, 2.45) is 5.73 Å². The second-order valence-corrected chi connectivity index (χ2v) is 2.43. The number of nitrogens with two attached hydrogens (primary N) is 1. The molecule has 0 saturated heterocycles. The fourth-order valence-corrected chi connectivity index (χ4v) is 1.01. The van der Waals surface area contributed by atoms with Gasteiger partial charge in [0, 0.05) is 18.8 Å². The van der Waals surface area contributed by atoms with E-state index in [0.717, 1.165) is 5.82 Å². The first kappa shape index (κ1) is 9.88. The van der Waals surface area contributed by atoms with Crippen molar-refractivity contribution in [2.75, 3.05) is 6.54 Å². The van der Waals surface area contributed by atoms with E-state index < -0.39 is 0 Å². The van der Waals surface area contributed by atoms with Crippen LogP contribution in [0.2, 0.25) is 0 Å². The SMILES string of the molecule is Cl.NCCc1nc2ncccn2n1. The molecule has 0 fully saturated rings. The first-order valence-corrected chi connectivity index (χ1v) is 3.76. The number of nitrogens with zero attached hydrogens (tertiary/aromatic N) is 4. The molecule has 6 heteroatoms. The van der Waals surface area contributed by atoms with Crippen molar-refractivity contribution < 1.29 is 0 Å². The smallest absolute Gasteiger partial charge is 0.252 e. The van der Waals surface area contributed by atoms with Crippen molar-refractivity contribution in [3.05, 3.63) is 24.3 Å². The summed E-state index contributed by atoms with van der Waals surface area (Å²) in [6, 6.07) is 1.81. The summed E-state index contributed by atoms with van der Waals surface area (Å²) in [5.74, 6) is 1.37. The largest absolute Gasteiger partial charge is 0.330 e. The molecule has 0 aliphatic heterocycles. The fourth-order valence-electron chi connectivity index (χ4n) is 1.01. The topological polar surface area (TPSA) is 69.1 Å². The van der Waals surface area contributed by atoms with Crippen LogP contribution in [0.25, 0.3) is 5.78 Å². The molecule has 2 aromatic rings. The van der Waals surface area contributed by atoms with Crippen molar-refractivity contribution in [1.82, 2.24) is 19.6 Å². The molecule has 70 valence electrons. The molecule has 5 nitrogen and oxygen atoms in total. The molecule has 0 unspecified atom stereocenters. The summed E-state index contributed by atoms with van der Waals surface area (Å²) in [5.41, 5.74) is 5.37. The quantitative estimate of drug-likeness (QED) is 0.742. The molecule has 0 aliphatic rings. The maximum Gasteiger partial charge on any atom is 0.252 e. The fraction of sp³-hybridized carbons (Fsp3) is 0.286. The second kappa shape index (κ2) is 4.15. The van der Waals surface area contributed by atoms with Crippen LogP contribution < -0.4 is 5.73 Å². The minimum Gasteiger partial charge on any atom is -0.330 e. The van der Waals surface area contributed by atoms with Gasteiger partial charge in [0.2, 0.25) is 0 Å². The summed E-state index contributed by atoms with van der Waals surface area (Å²) in [6.07, 6.45) is 4.20. The number of hydrogen-bond donors (Lipinski definition) is 1. The average Bonchev–Trinajstić information content (AvgIpc) is 2.47. The van der Waals surface area contributed by atoms with Gasteiger partial charge in [-0.1, -0.05) is 0 Å². The molecule has 0 saturated carbocycles. The zero-order valence-corrected chi connectivity index (χ0v) is 7.74. The highest BCUT2D eigenvalue weighted by molar-refractivity contribution is 5.85. The predicted molar refractivity (Wildman–Crippen MR) is 50.8 cm³/mol.